The molecule has 1 aromatic rings. The summed E-state index contributed by atoms with van der Waals surface area (Å²) in [4.78, 5) is 0. The van der Waals surface area contributed by atoms with Crippen LogP contribution in [0.3, 0.4) is 0 Å². The van der Waals surface area contributed by atoms with Crippen LogP contribution in [-0.4, -0.2) is 6.04 Å². The van der Waals surface area contributed by atoms with Gasteiger partial charge in [-0.3, -0.25) is 0 Å². The first-order chi connectivity index (χ1) is 5.77. The molecule has 0 radical (unpaired) electrons. The number of rotatable bonds is 3. The lowest BCUT2D eigenvalue weighted by Gasteiger charge is -2.07. The van der Waals surface area contributed by atoms with Gasteiger partial charge in [0.1, 0.15) is 0 Å². The molecule has 2 nitrogen and oxygen atoms in total. The molecule has 1 fully saturated rings. The number of hydrogen-bond acceptors (Lipinski definition) is 2. The fourth-order valence-corrected chi connectivity index (χ4v) is 1.78. The third-order valence-corrected chi connectivity index (χ3v) is 2.77. The van der Waals surface area contributed by atoms with E-state index in [2.05, 4.69) is 6.92 Å². The molecule has 3 atom stereocenters. The van der Waals surface area contributed by atoms with E-state index in [1.807, 2.05) is 6.07 Å². The summed E-state index contributed by atoms with van der Waals surface area (Å²) in [5.41, 5.74) is 7.24. The molecule has 2 heteroatoms. The molecule has 1 heterocycles. The van der Waals surface area contributed by atoms with Crippen LogP contribution in [0.1, 0.15) is 18.9 Å². The lowest BCUT2D eigenvalue weighted by atomic mass is 10.0. The fourth-order valence-electron chi connectivity index (χ4n) is 1.78. The third kappa shape index (κ3) is 1.53. The first-order valence-corrected chi connectivity index (χ1v) is 4.54. The minimum atomic E-state index is 0.331. The smallest absolute Gasteiger partial charge is 0.0935 e. The molecule has 0 aliphatic heterocycles. The van der Waals surface area contributed by atoms with Crippen molar-refractivity contribution in [2.24, 2.45) is 17.6 Å². The highest BCUT2D eigenvalue weighted by Gasteiger charge is 2.37. The van der Waals surface area contributed by atoms with Crippen LogP contribution in [0.4, 0.5) is 0 Å². The summed E-state index contributed by atoms with van der Waals surface area (Å²) in [5.74, 6) is 1.59. The molecule has 2 rings (SSSR count). The maximum Gasteiger partial charge on any atom is 0.0935 e. The molecule has 66 valence electrons. The van der Waals surface area contributed by atoms with Gasteiger partial charge in [0, 0.05) is 6.04 Å². The van der Waals surface area contributed by atoms with Gasteiger partial charge in [0.05, 0.1) is 12.5 Å². The molecule has 1 aliphatic carbocycles. The monoisotopic (exact) mass is 165 g/mol. The maximum absolute atomic E-state index is 6.02. The minimum absolute atomic E-state index is 0.331. The summed E-state index contributed by atoms with van der Waals surface area (Å²) >= 11 is 0. The molecule has 0 spiro atoms. The van der Waals surface area contributed by atoms with E-state index >= 15 is 0 Å². The van der Waals surface area contributed by atoms with Gasteiger partial charge >= 0.3 is 0 Å². The van der Waals surface area contributed by atoms with Gasteiger partial charge in [-0.2, -0.15) is 0 Å². The van der Waals surface area contributed by atoms with E-state index < -0.39 is 0 Å². The second kappa shape index (κ2) is 2.94. The Morgan fingerprint density at radius 2 is 2.50 bits per heavy atom. The van der Waals surface area contributed by atoms with Crippen molar-refractivity contribution in [1.29, 1.82) is 0 Å². The predicted octanol–water partition coefficient (Wildman–Crippen LogP) is 1.81. The topological polar surface area (TPSA) is 39.2 Å². The van der Waals surface area contributed by atoms with Gasteiger partial charge in [-0.25, -0.2) is 0 Å². The second-order valence-corrected chi connectivity index (χ2v) is 3.88. The Morgan fingerprint density at radius 1 is 1.75 bits per heavy atom. The average Bonchev–Trinajstić information content (AvgIpc) is 2.58. The largest absolute Gasteiger partial charge is 0.472 e. The van der Waals surface area contributed by atoms with E-state index in [1.54, 1.807) is 12.5 Å². The molecule has 0 bridgehead atoms. The molecule has 3 unspecified atom stereocenters. The van der Waals surface area contributed by atoms with Crippen molar-refractivity contribution >= 4 is 0 Å². The number of nitrogens with two attached hydrogens (primary N) is 1. The van der Waals surface area contributed by atoms with E-state index in [0.29, 0.717) is 6.04 Å². The van der Waals surface area contributed by atoms with E-state index in [0.717, 1.165) is 18.3 Å². The summed E-state index contributed by atoms with van der Waals surface area (Å²) in [6.07, 6.45) is 5.76. The van der Waals surface area contributed by atoms with Crippen molar-refractivity contribution in [2.45, 2.75) is 25.8 Å². The lowest BCUT2D eigenvalue weighted by Crippen LogP contribution is -2.25. The highest BCUT2D eigenvalue weighted by atomic mass is 16.3. The molecular formula is C10H15NO. The summed E-state index contributed by atoms with van der Waals surface area (Å²) in [7, 11) is 0. The zero-order valence-corrected chi connectivity index (χ0v) is 7.36. The van der Waals surface area contributed by atoms with Crippen molar-refractivity contribution in [2.75, 3.05) is 0 Å². The van der Waals surface area contributed by atoms with Crippen molar-refractivity contribution in [1.82, 2.24) is 0 Å². The van der Waals surface area contributed by atoms with Gasteiger partial charge in [0.2, 0.25) is 0 Å². The maximum atomic E-state index is 6.02. The van der Waals surface area contributed by atoms with Crippen LogP contribution < -0.4 is 5.73 Å². The molecule has 0 aromatic carbocycles. The molecule has 0 amide bonds. The highest BCUT2D eigenvalue weighted by molar-refractivity contribution is 5.09. The summed E-state index contributed by atoms with van der Waals surface area (Å²) in [6.45, 7) is 2.26. The molecule has 1 aliphatic rings. The van der Waals surface area contributed by atoms with Crippen molar-refractivity contribution in [3.63, 3.8) is 0 Å². The molecule has 1 aromatic heterocycles. The van der Waals surface area contributed by atoms with Crippen LogP contribution >= 0.6 is 0 Å². The Labute approximate surface area is 72.7 Å². The predicted molar refractivity (Wildman–Crippen MR) is 47.7 cm³/mol. The highest BCUT2D eigenvalue weighted by Crippen LogP contribution is 2.40. The quantitative estimate of drug-likeness (QED) is 0.741. The zero-order valence-electron chi connectivity index (χ0n) is 7.36. The van der Waals surface area contributed by atoms with Gasteiger partial charge in [0.15, 0.2) is 0 Å². The van der Waals surface area contributed by atoms with Crippen LogP contribution in [0, 0.1) is 11.8 Å². The molecule has 0 saturated heterocycles. The molecule has 1 saturated carbocycles. The molecule has 2 N–H and O–H groups in total. The van der Waals surface area contributed by atoms with Gasteiger partial charge in [-0.05, 0) is 36.3 Å². The lowest BCUT2D eigenvalue weighted by molar-refractivity contribution is 0.541. The standard InChI is InChI=1S/C10H15NO/c1-7-4-9(7)10(11)5-8-2-3-12-6-8/h2-3,6-7,9-10H,4-5,11H2,1H3. The Kier molecular flexibility index (Phi) is 1.93. The van der Waals surface area contributed by atoms with Crippen LogP contribution in [0.25, 0.3) is 0 Å². The first-order valence-electron chi connectivity index (χ1n) is 4.54. The van der Waals surface area contributed by atoms with Gasteiger partial charge in [-0.1, -0.05) is 6.92 Å². The minimum Gasteiger partial charge on any atom is -0.472 e. The molecule has 12 heavy (non-hydrogen) atoms. The summed E-state index contributed by atoms with van der Waals surface area (Å²) < 4.78 is 4.99. The third-order valence-electron chi connectivity index (χ3n) is 2.77. The van der Waals surface area contributed by atoms with E-state index in [-0.39, 0.29) is 0 Å². The fraction of sp³-hybridized carbons (Fsp3) is 0.600. The Balaban J connectivity index is 1.87. The summed E-state index contributed by atoms with van der Waals surface area (Å²) in [6, 6.07) is 2.32. The van der Waals surface area contributed by atoms with Crippen molar-refractivity contribution in [3.8, 4) is 0 Å². The SMILES string of the molecule is CC1CC1C(N)Cc1ccoc1. The molecular weight excluding hydrogens is 150 g/mol. The van der Waals surface area contributed by atoms with E-state index in [1.165, 1.54) is 12.0 Å². The van der Waals surface area contributed by atoms with Crippen molar-refractivity contribution < 1.29 is 4.42 Å². The first kappa shape index (κ1) is 7.87. The van der Waals surface area contributed by atoms with Gasteiger partial charge in [0.25, 0.3) is 0 Å². The van der Waals surface area contributed by atoms with Crippen molar-refractivity contribution in [3.05, 3.63) is 24.2 Å². The van der Waals surface area contributed by atoms with Crippen LogP contribution in [-0.2, 0) is 6.42 Å². The Morgan fingerprint density at radius 3 is 3.00 bits per heavy atom. The van der Waals surface area contributed by atoms with E-state index in [9.17, 15) is 0 Å². The second-order valence-electron chi connectivity index (χ2n) is 3.88. The van der Waals surface area contributed by atoms with E-state index in [4.69, 9.17) is 10.2 Å². The van der Waals surface area contributed by atoms with Gasteiger partial charge in [-0.15, -0.1) is 0 Å². The van der Waals surface area contributed by atoms with Gasteiger partial charge < -0.3 is 10.2 Å². The summed E-state index contributed by atoms with van der Waals surface area (Å²) in [5, 5.41) is 0. The normalized spacial score (nSPS) is 30.2. The average molecular weight is 165 g/mol. The van der Waals surface area contributed by atoms with Crippen LogP contribution in [0.5, 0.6) is 0 Å². The Bertz CT molecular complexity index is 242. The number of hydrogen-bond donors (Lipinski definition) is 1. The number of furan rings is 1. The van der Waals surface area contributed by atoms with Crippen LogP contribution in [0.15, 0.2) is 23.0 Å². The van der Waals surface area contributed by atoms with Crippen LogP contribution in [0.2, 0.25) is 0 Å². The Hall–Kier alpha value is -0.760. The zero-order chi connectivity index (χ0) is 8.55.